The second-order valence-electron chi connectivity index (χ2n) is 13.5. The predicted molar refractivity (Wildman–Crippen MR) is 226 cm³/mol. The van der Waals surface area contributed by atoms with Gasteiger partial charge in [-0.05, 0) is 65.2 Å². The summed E-state index contributed by atoms with van der Waals surface area (Å²) in [6, 6.07) is 62.1. The third kappa shape index (κ3) is 5.15. The summed E-state index contributed by atoms with van der Waals surface area (Å²) < 4.78 is 4.59. The molecule has 4 heteroatoms. The van der Waals surface area contributed by atoms with Gasteiger partial charge in [0.05, 0.1) is 33.5 Å². The van der Waals surface area contributed by atoms with Crippen LogP contribution in [-0.2, 0) is 0 Å². The minimum atomic E-state index is 0.631. The number of allylic oxidation sites excluding steroid dienone is 2. The van der Waals surface area contributed by atoms with Crippen molar-refractivity contribution in [2.45, 2.75) is 0 Å². The van der Waals surface area contributed by atoms with Crippen molar-refractivity contribution in [3.05, 3.63) is 200 Å². The number of para-hydroxylation sites is 4. The molecule has 0 N–H and O–H groups in total. The highest BCUT2D eigenvalue weighted by molar-refractivity contribution is 6.12. The Bertz CT molecular complexity index is 3060. The van der Waals surface area contributed by atoms with Gasteiger partial charge in [-0.3, -0.25) is 4.57 Å². The Kier molecular flexibility index (Phi) is 7.59. The van der Waals surface area contributed by atoms with E-state index >= 15 is 0 Å². The molecule has 7 aromatic carbocycles. The molecule has 0 atom stereocenters. The molecule has 254 valence electrons. The van der Waals surface area contributed by atoms with Gasteiger partial charge in [0, 0.05) is 38.4 Å². The van der Waals surface area contributed by atoms with Crippen molar-refractivity contribution in [1.29, 1.82) is 0 Å². The molecule has 0 aliphatic carbocycles. The largest absolute Gasteiger partial charge is 0.309 e. The molecule has 0 fully saturated rings. The van der Waals surface area contributed by atoms with Gasteiger partial charge in [0.25, 0.3) is 0 Å². The number of fused-ring (bicyclic) bond motifs is 5. The molecule has 0 radical (unpaired) electrons. The van der Waals surface area contributed by atoms with Gasteiger partial charge < -0.3 is 4.57 Å². The fourth-order valence-electron chi connectivity index (χ4n) is 7.92. The van der Waals surface area contributed by atoms with Crippen molar-refractivity contribution in [1.82, 2.24) is 19.1 Å². The zero-order valence-electron chi connectivity index (χ0n) is 29.5. The van der Waals surface area contributed by atoms with Gasteiger partial charge >= 0.3 is 0 Å². The van der Waals surface area contributed by atoms with E-state index in [1.165, 1.54) is 16.3 Å². The number of hydrogen-bond acceptors (Lipinski definition) is 2. The second-order valence-corrected chi connectivity index (χ2v) is 13.5. The predicted octanol–water partition coefficient (Wildman–Crippen LogP) is 12.9. The first kappa shape index (κ1) is 31.4. The Morgan fingerprint density at radius 2 is 1.15 bits per heavy atom. The summed E-state index contributed by atoms with van der Waals surface area (Å²) in [5.74, 6) is 0.631. The van der Waals surface area contributed by atoms with Crippen LogP contribution in [0.4, 0.5) is 0 Å². The first-order valence-electron chi connectivity index (χ1n) is 18.2. The molecule has 0 amide bonds. The van der Waals surface area contributed by atoms with E-state index in [1.807, 2.05) is 24.3 Å². The maximum Gasteiger partial charge on any atom is 0.235 e. The first-order chi connectivity index (χ1) is 26.8. The lowest BCUT2D eigenvalue weighted by molar-refractivity contribution is 0.990. The minimum Gasteiger partial charge on any atom is -0.309 e. The van der Waals surface area contributed by atoms with Crippen molar-refractivity contribution in [2.24, 2.45) is 0 Å². The van der Waals surface area contributed by atoms with E-state index in [2.05, 4.69) is 186 Å². The highest BCUT2D eigenvalue weighted by Gasteiger charge is 2.22. The van der Waals surface area contributed by atoms with Crippen LogP contribution in [0.1, 0.15) is 5.56 Å². The average molecular weight is 691 g/mol. The summed E-state index contributed by atoms with van der Waals surface area (Å²) >= 11 is 0. The Hall–Kier alpha value is -7.30. The highest BCUT2D eigenvalue weighted by Crippen LogP contribution is 2.42. The van der Waals surface area contributed by atoms with Crippen LogP contribution in [0.5, 0.6) is 0 Å². The topological polar surface area (TPSA) is 35.6 Å². The maximum absolute atomic E-state index is 5.34. The molecule has 10 rings (SSSR count). The average Bonchev–Trinajstić information content (AvgIpc) is 3.78. The molecular weight excluding hydrogens is 657 g/mol. The molecule has 0 spiro atoms. The third-order valence-electron chi connectivity index (χ3n) is 10.3. The van der Waals surface area contributed by atoms with Crippen LogP contribution in [-0.4, -0.2) is 19.1 Å². The lowest BCUT2D eigenvalue weighted by Crippen LogP contribution is -2.05. The molecule has 0 saturated carbocycles. The zero-order chi connectivity index (χ0) is 36.0. The summed E-state index contributed by atoms with van der Waals surface area (Å²) in [7, 11) is 0. The molecular formula is C50H34N4. The molecule has 0 aliphatic heterocycles. The summed E-state index contributed by atoms with van der Waals surface area (Å²) in [5, 5.41) is 4.54. The quantitative estimate of drug-likeness (QED) is 0.156. The number of nitrogens with zero attached hydrogens (tertiary/aromatic N) is 4. The van der Waals surface area contributed by atoms with E-state index in [1.54, 1.807) is 0 Å². The van der Waals surface area contributed by atoms with Crippen LogP contribution in [0.3, 0.4) is 0 Å². The van der Waals surface area contributed by atoms with Crippen molar-refractivity contribution in [3.63, 3.8) is 0 Å². The minimum absolute atomic E-state index is 0.631. The fourth-order valence-corrected chi connectivity index (χ4v) is 7.92. The summed E-state index contributed by atoms with van der Waals surface area (Å²) in [6.07, 6.45) is 6.03. The molecule has 0 saturated heterocycles. The van der Waals surface area contributed by atoms with Gasteiger partial charge in [-0.2, -0.15) is 0 Å². The molecule has 4 nitrogen and oxygen atoms in total. The Labute approximate surface area is 313 Å². The lowest BCUT2D eigenvalue weighted by atomic mass is 9.92. The Morgan fingerprint density at radius 1 is 0.481 bits per heavy atom. The van der Waals surface area contributed by atoms with Crippen LogP contribution in [0.15, 0.2) is 195 Å². The van der Waals surface area contributed by atoms with Gasteiger partial charge in [0.15, 0.2) is 0 Å². The third-order valence-corrected chi connectivity index (χ3v) is 10.3. The van der Waals surface area contributed by atoms with E-state index in [4.69, 9.17) is 9.97 Å². The lowest BCUT2D eigenvalue weighted by Gasteiger charge is -2.17. The first-order valence-corrected chi connectivity index (χ1v) is 18.2. The molecule has 3 heterocycles. The van der Waals surface area contributed by atoms with Crippen LogP contribution < -0.4 is 0 Å². The summed E-state index contributed by atoms with van der Waals surface area (Å²) in [4.78, 5) is 10.6. The monoisotopic (exact) mass is 690 g/mol. The molecule has 0 aliphatic rings. The van der Waals surface area contributed by atoms with E-state index in [9.17, 15) is 0 Å². The van der Waals surface area contributed by atoms with Crippen molar-refractivity contribution >= 4 is 49.7 Å². The van der Waals surface area contributed by atoms with Crippen LogP contribution in [0.25, 0.3) is 95.0 Å². The van der Waals surface area contributed by atoms with Gasteiger partial charge in [-0.15, -0.1) is 0 Å². The number of rotatable bonds is 7. The van der Waals surface area contributed by atoms with Gasteiger partial charge in [-0.1, -0.05) is 152 Å². The fraction of sp³-hybridized carbons (Fsp3) is 0. The van der Waals surface area contributed by atoms with E-state index in [0.717, 1.165) is 72.2 Å². The van der Waals surface area contributed by atoms with Crippen LogP contribution >= 0.6 is 0 Å². The SMILES string of the molecule is C=C/C=C\c1cc2c(cc1-c1ccccc1-c1cc3ccccc3n1-c1nc(-c3ccccc3)c3ccccc3n1)c1ccccc1n2-c1ccccc1. The van der Waals surface area contributed by atoms with Gasteiger partial charge in [-0.25, -0.2) is 9.97 Å². The van der Waals surface area contributed by atoms with Crippen LogP contribution in [0.2, 0.25) is 0 Å². The molecule has 3 aromatic heterocycles. The Balaban J connectivity index is 1.26. The molecule has 54 heavy (non-hydrogen) atoms. The number of hydrogen-bond donors (Lipinski definition) is 0. The van der Waals surface area contributed by atoms with Crippen molar-refractivity contribution < 1.29 is 0 Å². The standard InChI is InChI=1S/C50H34N4/c1-2-3-18-35-31-48-43(40-26-14-17-30-46(40)53(48)37-22-8-5-9-23-37)33-42(35)38-24-11-12-25-39(38)47-32-36-21-10-16-29-45(36)54(47)50-51-44-28-15-13-27-41(44)49(52-50)34-19-6-4-7-20-34/h2-33H,1H2/b18-3-. The summed E-state index contributed by atoms with van der Waals surface area (Å²) in [5.41, 5.74) is 12.8. The molecule has 0 unspecified atom stereocenters. The second kappa shape index (κ2) is 13.0. The van der Waals surface area contributed by atoms with Gasteiger partial charge in [0.2, 0.25) is 5.95 Å². The van der Waals surface area contributed by atoms with Crippen molar-refractivity contribution in [2.75, 3.05) is 0 Å². The maximum atomic E-state index is 5.34. The highest BCUT2D eigenvalue weighted by atomic mass is 15.2. The van der Waals surface area contributed by atoms with Gasteiger partial charge in [0.1, 0.15) is 0 Å². The van der Waals surface area contributed by atoms with E-state index in [-0.39, 0.29) is 0 Å². The number of aromatic nitrogens is 4. The smallest absolute Gasteiger partial charge is 0.235 e. The molecule has 10 aromatic rings. The summed E-state index contributed by atoms with van der Waals surface area (Å²) in [6.45, 7) is 4.02. The Morgan fingerprint density at radius 3 is 1.96 bits per heavy atom. The van der Waals surface area contributed by atoms with E-state index in [0.29, 0.717) is 5.95 Å². The normalized spacial score (nSPS) is 11.7. The van der Waals surface area contributed by atoms with Crippen molar-refractivity contribution in [3.8, 4) is 45.3 Å². The zero-order valence-corrected chi connectivity index (χ0v) is 29.5. The van der Waals surface area contributed by atoms with E-state index < -0.39 is 0 Å². The molecule has 0 bridgehead atoms. The van der Waals surface area contributed by atoms with Crippen LogP contribution in [0, 0.1) is 0 Å². The number of benzene rings is 7.